The van der Waals surface area contributed by atoms with Crippen LogP contribution in [-0.2, 0) is 11.3 Å². The minimum atomic E-state index is -1.54. The van der Waals surface area contributed by atoms with Gasteiger partial charge in [0.25, 0.3) is 5.69 Å². The van der Waals surface area contributed by atoms with Gasteiger partial charge >= 0.3 is 12.0 Å². The van der Waals surface area contributed by atoms with E-state index in [1.54, 1.807) is 6.07 Å². The van der Waals surface area contributed by atoms with Crippen molar-refractivity contribution in [3.8, 4) is 0 Å². The van der Waals surface area contributed by atoms with E-state index in [0.29, 0.717) is 5.56 Å². The number of benzene rings is 1. The number of nitro benzene ring substituents is 1. The van der Waals surface area contributed by atoms with Gasteiger partial charge in [0.05, 0.1) is 11.5 Å². The van der Waals surface area contributed by atoms with E-state index in [4.69, 9.17) is 10.2 Å². The van der Waals surface area contributed by atoms with Crippen molar-refractivity contribution in [2.24, 2.45) is 0 Å². The molecule has 1 aromatic rings. The maximum absolute atomic E-state index is 11.4. The first-order valence-electron chi connectivity index (χ1n) is 6.06. The van der Waals surface area contributed by atoms with E-state index >= 15 is 0 Å². The van der Waals surface area contributed by atoms with E-state index in [-0.39, 0.29) is 25.2 Å². The second-order valence-electron chi connectivity index (χ2n) is 4.14. The summed E-state index contributed by atoms with van der Waals surface area (Å²) in [6.07, 6.45) is -1.67. The number of carboxylic acids is 1. The molecular formula is C12H15N3O6. The number of carbonyl (C=O) groups excluding carboxylic acids is 1. The summed E-state index contributed by atoms with van der Waals surface area (Å²) in [5.74, 6) is -1.36. The van der Waals surface area contributed by atoms with Crippen LogP contribution in [0.25, 0.3) is 0 Å². The van der Waals surface area contributed by atoms with Gasteiger partial charge in [0.15, 0.2) is 6.10 Å². The standard InChI is InChI=1S/C12H15N3O6/c16-10(11(17)18)5-6-13-12(19)14-7-8-3-1-2-4-9(8)15(20)21/h1-4,10,16H,5-7H2,(H,17,18)(H2,13,14,19)/t10-/m0/s1. The van der Waals surface area contributed by atoms with Crippen molar-refractivity contribution in [2.75, 3.05) is 6.54 Å². The monoisotopic (exact) mass is 297 g/mol. The molecule has 0 saturated heterocycles. The molecule has 0 fully saturated rings. The third-order valence-corrected chi connectivity index (χ3v) is 2.62. The SMILES string of the molecule is O=C(NCC[C@H](O)C(=O)O)NCc1ccccc1[N+](=O)[O-]. The van der Waals surface area contributed by atoms with Crippen LogP contribution < -0.4 is 10.6 Å². The smallest absolute Gasteiger partial charge is 0.332 e. The third kappa shape index (κ3) is 5.45. The summed E-state index contributed by atoms with van der Waals surface area (Å²) in [5.41, 5.74) is 0.252. The summed E-state index contributed by atoms with van der Waals surface area (Å²) < 4.78 is 0. The molecule has 0 unspecified atom stereocenters. The molecule has 2 amide bonds. The predicted octanol–water partition coefficient (Wildman–Crippen LogP) is 0.230. The normalized spacial score (nSPS) is 11.5. The Kier molecular flexibility index (Phi) is 6.08. The van der Waals surface area contributed by atoms with Crippen LogP contribution in [-0.4, -0.2) is 39.8 Å². The van der Waals surface area contributed by atoms with Crippen molar-refractivity contribution in [1.82, 2.24) is 10.6 Å². The maximum atomic E-state index is 11.4. The Morgan fingerprint density at radius 1 is 1.29 bits per heavy atom. The molecule has 0 aliphatic heterocycles. The molecule has 9 nitrogen and oxygen atoms in total. The van der Waals surface area contributed by atoms with Gasteiger partial charge in [-0.2, -0.15) is 0 Å². The first-order valence-corrected chi connectivity index (χ1v) is 6.06. The number of carboxylic acid groups (broad SMARTS) is 1. The number of nitro groups is 1. The molecule has 1 atom stereocenters. The Morgan fingerprint density at radius 3 is 2.57 bits per heavy atom. The van der Waals surface area contributed by atoms with E-state index in [0.717, 1.165) is 0 Å². The predicted molar refractivity (Wildman–Crippen MR) is 71.6 cm³/mol. The molecule has 0 aromatic heterocycles. The molecule has 0 heterocycles. The average Bonchev–Trinajstić information content (AvgIpc) is 2.45. The molecule has 21 heavy (non-hydrogen) atoms. The molecule has 0 aliphatic carbocycles. The van der Waals surface area contributed by atoms with Crippen molar-refractivity contribution < 1.29 is 24.7 Å². The topological polar surface area (TPSA) is 142 Å². The molecule has 1 aromatic carbocycles. The number of carbonyl (C=O) groups is 2. The Hall–Kier alpha value is -2.68. The number of aliphatic carboxylic acids is 1. The highest BCUT2D eigenvalue weighted by atomic mass is 16.6. The van der Waals surface area contributed by atoms with Gasteiger partial charge in [0.1, 0.15) is 0 Å². The molecule has 0 radical (unpaired) electrons. The Labute approximate surface area is 119 Å². The van der Waals surface area contributed by atoms with Crippen LogP contribution in [0.1, 0.15) is 12.0 Å². The summed E-state index contributed by atoms with van der Waals surface area (Å²) >= 11 is 0. The summed E-state index contributed by atoms with van der Waals surface area (Å²) in [7, 11) is 0. The molecule has 9 heteroatoms. The van der Waals surface area contributed by atoms with Crippen LogP contribution in [0.5, 0.6) is 0 Å². The van der Waals surface area contributed by atoms with Gasteiger partial charge in [-0.25, -0.2) is 9.59 Å². The number of rotatable bonds is 7. The molecule has 0 aliphatic rings. The zero-order chi connectivity index (χ0) is 15.8. The minimum Gasteiger partial charge on any atom is -0.479 e. The molecule has 0 bridgehead atoms. The molecule has 1 rings (SSSR count). The number of nitrogens with one attached hydrogen (secondary N) is 2. The minimum absolute atomic E-state index is 0.0316. The van der Waals surface area contributed by atoms with Gasteiger partial charge in [-0.1, -0.05) is 18.2 Å². The van der Waals surface area contributed by atoms with Gasteiger partial charge in [0.2, 0.25) is 0 Å². The number of aliphatic hydroxyl groups excluding tert-OH is 1. The highest BCUT2D eigenvalue weighted by Crippen LogP contribution is 2.16. The van der Waals surface area contributed by atoms with Gasteiger partial charge in [0, 0.05) is 24.6 Å². The summed E-state index contributed by atoms with van der Waals surface area (Å²) in [4.78, 5) is 32.0. The van der Waals surface area contributed by atoms with Gasteiger partial charge in [-0.15, -0.1) is 0 Å². The fraction of sp³-hybridized carbons (Fsp3) is 0.333. The maximum Gasteiger partial charge on any atom is 0.332 e. The second-order valence-corrected chi connectivity index (χ2v) is 4.14. The van der Waals surface area contributed by atoms with Gasteiger partial charge < -0.3 is 20.8 Å². The van der Waals surface area contributed by atoms with E-state index < -0.39 is 23.0 Å². The molecule has 0 saturated carbocycles. The molecule has 114 valence electrons. The largest absolute Gasteiger partial charge is 0.479 e. The first kappa shape index (κ1) is 16.4. The molecule has 0 spiro atoms. The van der Waals surface area contributed by atoms with Gasteiger partial charge in [-0.05, 0) is 0 Å². The third-order valence-electron chi connectivity index (χ3n) is 2.62. The summed E-state index contributed by atoms with van der Waals surface area (Å²) in [6.45, 7) is -0.0688. The van der Waals surface area contributed by atoms with Crippen LogP contribution in [0.15, 0.2) is 24.3 Å². The lowest BCUT2D eigenvalue weighted by Crippen LogP contribution is -2.37. The number of urea groups is 1. The van der Waals surface area contributed by atoms with Crippen molar-refractivity contribution in [1.29, 1.82) is 0 Å². The molecular weight excluding hydrogens is 282 g/mol. The number of aliphatic hydroxyl groups is 1. The fourth-order valence-corrected chi connectivity index (χ4v) is 1.52. The number of hydrogen-bond acceptors (Lipinski definition) is 5. The van der Waals surface area contributed by atoms with Gasteiger partial charge in [-0.3, -0.25) is 10.1 Å². The quantitative estimate of drug-likeness (QED) is 0.419. The van der Waals surface area contributed by atoms with E-state index in [1.165, 1.54) is 18.2 Å². The van der Waals surface area contributed by atoms with E-state index in [9.17, 15) is 19.7 Å². The van der Waals surface area contributed by atoms with Crippen LogP contribution in [0, 0.1) is 10.1 Å². The summed E-state index contributed by atoms with van der Waals surface area (Å²) in [5, 5.41) is 33.0. The number of para-hydroxylation sites is 1. The van der Waals surface area contributed by atoms with Crippen molar-refractivity contribution in [3.05, 3.63) is 39.9 Å². The van der Waals surface area contributed by atoms with Crippen molar-refractivity contribution in [2.45, 2.75) is 19.1 Å². The highest BCUT2D eigenvalue weighted by molar-refractivity contribution is 5.74. The first-order chi connectivity index (χ1) is 9.91. The zero-order valence-electron chi connectivity index (χ0n) is 11.0. The number of hydrogen-bond donors (Lipinski definition) is 4. The number of nitrogens with zero attached hydrogens (tertiary/aromatic N) is 1. The number of amides is 2. The second kappa shape index (κ2) is 7.80. The van der Waals surface area contributed by atoms with E-state index in [1.807, 2.05) is 0 Å². The summed E-state index contributed by atoms with van der Waals surface area (Å²) in [6, 6.07) is 5.39. The Bertz CT molecular complexity index is 533. The lowest BCUT2D eigenvalue weighted by molar-refractivity contribution is -0.385. The van der Waals surface area contributed by atoms with Crippen LogP contribution >= 0.6 is 0 Å². The fourth-order valence-electron chi connectivity index (χ4n) is 1.52. The van der Waals surface area contributed by atoms with Crippen LogP contribution in [0.2, 0.25) is 0 Å². The van der Waals surface area contributed by atoms with Crippen molar-refractivity contribution >= 4 is 17.7 Å². The lowest BCUT2D eigenvalue weighted by Gasteiger charge is -2.09. The van der Waals surface area contributed by atoms with Crippen LogP contribution in [0.4, 0.5) is 10.5 Å². The van der Waals surface area contributed by atoms with Crippen molar-refractivity contribution in [3.63, 3.8) is 0 Å². The van der Waals surface area contributed by atoms with E-state index in [2.05, 4.69) is 10.6 Å². The lowest BCUT2D eigenvalue weighted by atomic mass is 10.2. The highest BCUT2D eigenvalue weighted by Gasteiger charge is 2.14. The Balaban J connectivity index is 2.40. The average molecular weight is 297 g/mol. The zero-order valence-corrected chi connectivity index (χ0v) is 11.0. The molecule has 4 N–H and O–H groups in total. The van der Waals surface area contributed by atoms with Crippen LogP contribution in [0.3, 0.4) is 0 Å². The Morgan fingerprint density at radius 2 is 1.95 bits per heavy atom.